The predicted molar refractivity (Wildman–Crippen MR) is 68.6 cm³/mol. The number of hydrogen-bond acceptors (Lipinski definition) is 4. The maximum atomic E-state index is 11.9. The molecule has 0 saturated carbocycles. The number of rotatable bonds is 4. The van der Waals surface area contributed by atoms with E-state index in [0.29, 0.717) is 32.6 Å². The Labute approximate surface area is 107 Å². The molecule has 1 rings (SSSR count). The van der Waals surface area contributed by atoms with Crippen molar-refractivity contribution in [1.29, 1.82) is 0 Å². The summed E-state index contributed by atoms with van der Waals surface area (Å²) in [6.45, 7) is 3.03. The van der Waals surface area contributed by atoms with Crippen LogP contribution in [0, 0.1) is 5.92 Å². The molecule has 1 aliphatic rings. The molecule has 1 aliphatic heterocycles. The average Bonchev–Trinajstić information content (AvgIpc) is 2.27. The number of likely N-dealkylation sites (N-methyl/N-ethyl adjacent to an activating group) is 1. The van der Waals surface area contributed by atoms with E-state index in [2.05, 4.69) is 0 Å². The Balaban J connectivity index is 2.55. The minimum Gasteiger partial charge on any atom is -0.393 e. The molecule has 0 spiro atoms. The fraction of sp³-hybridized carbons (Fsp3) is 0.818. The van der Waals surface area contributed by atoms with Crippen LogP contribution in [0.1, 0.15) is 19.8 Å². The third kappa shape index (κ3) is 3.90. The van der Waals surface area contributed by atoms with Crippen molar-refractivity contribution in [2.45, 2.75) is 25.4 Å². The van der Waals surface area contributed by atoms with Gasteiger partial charge in [-0.3, -0.25) is 4.79 Å². The number of carbonyl (C=O) groups is 1. The van der Waals surface area contributed by atoms with Crippen LogP contribution < -0.4 is 5.73 Å². The van der Waals surface area contributed by atoms with Gasteiger partial charge in [0.05, 0.1) is 16.5 Å². The first-order valence-electron chi connectivity index (χ1n) is 5.70. The Bertz CT molecular complexity index is 303. The molecule has 1 saturated heterocycles. The summed E-state index contributed by atoms with van der Waals surface area (Å²) in [5.74, 6) is -0.643. The third-order valence-corrected chi connectivity index (χ3v) is 3.48. The number of nitrogens with two attached hydrogens (primary N) is 1. The van der Waals surface area contributed by atoms with Crippen molar-refractivity contribution in [1.82, 2.24) is 4.90 Å². The van der Waals surface area contributed by atoms with Crippen LogP contribution in [0.4, 0.5) is 0 Å². The van der Waals surface area contributed by atoms with Gasteiger partial charge in [-0.05, 0) is 6.92 Å². The Morgan fingerprint density at radius 2 is 2.12 bits per heavy atom. The molecule has 1 amide bonds. The predicted octanol–water partition coefficient (Wildman–Crippen LogP) is -0.0915. The lowest BCUT2D eigenvalue weighted by Crippen LogP contribution is -2.49. The van der Waals surface area contributed by atoms with Gasteiger partial charge >= 0.3 is 0 Å². The maximum Gasteiger partial charge on any atom is 0.232 e. The van der Waals surface area contributed by atoms with Crippen LogP contribution in [0.15, 0.2) is 0 Å². The van der Waals surface area contributed by atoms with E-state index in [0.717, 1.165) is 0 Å². The molecule has 1 fully saturated rings. The van der Waals surface area contributed by atoms with E-state index < -0.39 is 11.5 Å². The van der Waals surface area contributed by atoms with Crippen molar-refractivity contribution in [3.8, 4) is 0 Å². The summed E-state index contributed by atoms with van der Waals surface area (Å²) in [6, 6.07) is 0. The Morgan fingerprint density at radius 1 is 1.59 bits per heavy atom. The Morgan fingerprint density at radius 3 is 2.59 bits per heavy atom. The van der Waals surface area contributed by atoms with Gasteiger partial charge in [0, 0.05) is 39.6 Å². The SMILES string of the molecule is CC(C(=O)N(C)CC1(O)CCOCC1)C(N)=S. The average molecular weight is 260 g/mol. The molecular weight excluding hydrogens is 240 g/mol. The van der Waals surface area contributed by atoms with E-state index in [-0.39, 0.29) is 10.9 Å². The first-order valence-corrected chi connectivity index (χ1v) is 6.11. The largest absolute Gasteiger partial charge is 0.393 e. The first kappa shape index (κ1) is 14.3. The summed E-state index contributed by atoms with van der Waals surface area (Å²) >= 11 is 4.79. The normalized spacial score (nSPS) is 20.6. The molecule has 0 radical (unpaired) electrons. The van der Waals surface area contributed by atoms with E-state index in [1.165, 1.54) is 4.90 Å². The maximum absolute atomic E-state index is 11.9. The smallest absolute Gasteiger partial charge is 0.232 e. The summed E-state index contributed by atoms with van der Waals surface area (Å²) < 4.78 is 5.19. The summed E-state index contributed by atoms with van der Waals surface area (Å²) in [7, 11) is 1.66. The van der Waals surface area contributed by atoms with E-state index in [4.69, 9.17) is 22.7 Å². The second kappa shape index (κ2) is 5.75. The number of hydrogen-bond donors (Lipinski definition) is 2. The van der Waals surface area contributed by atoms with Gasteiger partial charge in [0.2, 0.25) is 5.91 Å². The van der Waals surface area contributed by atoms with Gasteiger partial charge in [0.15, 0.2) is 0 Å². The molecule has 5 nitrogen and oxygen atoms in total. The number of thiocarbonyl (C=S) groups is 1. The fourth-order valence-corrected chi connectivity index (χ4v) is 1.98. The second-order valence-electron chi connectivity index (χ2n) is 4.66. The topological polar surface area (TPSA) is 75.8 Å². The van der Waals surface area contributed by atoms with Crippen LogP contribution in [-0.2, 0) is 9.53 Å². The zero-order valence-corrected chi connectivity index (χ0v) is 11.1. The van der Waals surface area contributed by atoms with E-state index in [1.54, 1.807) is 14.0 Å². The number of carbonyl (C=O) groups excluding carboxylic acids is 1. The van der Waals surface area contributed by atoms with Crippen LogP contribution in [0.3, 0.4) is 0 Å². The van der Waals surface area contributed by atoms with Crippen molar-refractivity contribution in [2.75, 3.05) is 26.8 Å². The summed E-state index contributed by atoms with van der Waals surface area (Å²) in [5, 5.41) is 10.3. The summed E-state index contributed by atoms with van der Waals surface area (Å²) in [4.78, 5) is 13.6. The molecule has 1 heterocycles. The molecule has 3 N–H and O–H groups in total. The highest BCUT2D eigenvalue weighted by molar-refractivity contribution is 7.80. The molecule has 0 aliphatic carbocycles. The van der Waals surface area contributed by atoms with Gasteiger partial charge in [0.1, 0.15) is 0 Å². The quantitative estimate of drug-likeness (QED) is 0.691. The minimum absolute atomic E-state index is 0.155. The van der Waals surface area contributed by atoms with Gasteiger partial charge in [-0.25, -0.2) is 0 Å². The molecule has 6 heteroatoms. The number of ether oxygens (including phenoxy) is 1. The van der Waals surface area contributed by atoms with E-state index >= 15 is 0 Å². The molecule has 17 heavy (non-hydrogen) atoms. The van der Waals surface area contributed by atoms with Crippen LogP contribution in [0.5, 0.6) is 0 Å². The molecule has 0 aromatic rings. The molecule has 1 unspecified atom stereocenters. The molecule has 0 aromatic carbocycles. The zero-order valence-electron chi connectivity index (χ0n) is 10.3. The van der Waals surface area contributed by atoms with Gasteiger partial charge in [-0.1, -0.05) is 12.2 Å². The molecule has 98 valence electrons. The van der Waals surface area contributed by atoms with Crippen molar-refractivity contribution in [3.05, 3.63) is 0 Å². The third-order valence-electron chi connectivity index (χ3n) is 3.13. The highest BCUT2D eigenvalue weighted by Gasteiger charge is 2.33. The van der Waals surface area contributed by atoms with Crippen LogP contribution in [-0.4, -0.2) is 53.3 Å². The van der Waals surface area contributed by atoms with Gasteiger partial charge < -0.3 is 20.5 Å². The van der Waals surface area contributed by atoms with Crippen molar-refractivity contribution in [3.63, 3.8) is 0 Å². The summed E-state index contributed by atoms with van der Waals surface area (Å²) in [6.07, 6.45) is 1.10. The van der Waals surface area contributed by atoms with E-state index in [1.807, 2.05) is 0 Å². The fourth-order valence-electron chi connectivity index (χ4n) is 1.88. The number of amides is 1. The van der Waals surface area contributed by atoms with Gasteiger partial charge in [0.25, 0.3) is 0 Å². The molecule has 0 aromatic heterocycles. The lowest BCUT2D eigenvalue weighted by atomic mass is 9.93. The van der Waals surface area contributed by atoms with E-state index in [9.17, 15) is 9.90 Å². The van der Waals surface area contributed by atoms with Crippen molar-refractivity contribution in [2.24, 2.45) is 11.7 Å². The lowest BCUT2D eigenvalue weighted by molar-refractivity contribution is -0.138. The van der Waals surface area contributed by atoms with Gasteiger partial charge in [-0.15, -0.1) is 0 Å². The van der Waals surface area contributed by atoms with Crippen LogP contribution in [0.2, 0.25) is 0 Å². The Hall–Kier alpha value is -0.720. The van der Waals surface area contributed by atoms with Crippen LogP contribution in [0.25, 0.3) is 0 Å². The zero-order chi connectivity index (χ0) is 13.1. The number of aliphatic hydroxyl groups is 1. The Kier molecular flexibility index (Phi) is 4.85. The van der Waals surface area contributed by atoms with Crippen LogP contribution >= 0.6 is 12.2 Å². The van der Waals surface area contributed by atoms with Crippen molar-refractivity contribution < 1.29 is 14.6 Å². The van der Waals surface area contributed by atoms with Gasteiger partial charge in [-0.2, -0.15) is 0 Å². The minimum atomic E-state index is -0.849. The molecular formula is C11H20N2O3S. The number of nitrogens with zero attached hydrogens (tertiary/aromatic N) is 1. The molecule has 0 bridgehead atoms. The van der Waals surface area contributed by atoms with Crippen molar-refractivity contribution >= 4 is 23.1 Å². The summed E-state index contributed by atoms with van der Waals surface area (Å²) in [5.41, 5.74) is 4.59. The lowest BCUT2D eigenvalue weighted by Gasteiger charge is -2.36. The highest BCUT2D eigenvalue weighted by Crippen LogP contribution is 2.21. The molecule has 1 atom stereocenters. The second-order valence-corrected chi connectivity index (χ2v) is 5.13. The monoisotopic (exact) mass is 260 g/mol. The standard InChI is InChI=1S/C11H20N2O3S/c1-8(9(12)17)10(14)13(2)7-11(15)3-5-16-6-4-11/h8,15H,3-7H2,1-2H3,(H2,12,17). The highest BCUT2D eigenvalue weighted by atomic mass is 32.1. The first-order chi connectivity index (χ1) is 7.86.